The van der Waals surface area contributed by atoms with Crippen LogP contribution >= 0.6 is 11.6 Å². The van der Waals surface area contributed by atoms with Crippen LogP contribution in [0.15, 0.2) is 54.7 Å². The molecule has 1 heterocycles. The molecular formula is C20H14ClF6N3O. The first-order valence-electron chi connectivity index (χ1n) is 8.82. The molecule has 0 bridgehead atoms. The number of alkyl halides is 6. The SMILES string of the molecule is O=C(NCCc1ccc(Cl)cc1)c1cnn(-c2cccc(C(F)(F)F)c2)c1C(F)(F)F. The van der Waals surface area contributed by atoms with Crippen molar-refractivity contribution in [2.75, 3.05) is 6.54 Å². The molecule has 2 aromatic carbocycles. The molecule has 0 atom stereocenters. The van der Waals surface area contributed by atoms with Crippen LogP contribution in [0.4, 0.5) is 26.3 Å². The van der Waals surface area contributed by atoms with Gasteiger partial charge in [-0.2, -0.15) is 31.4 Å². The van der Waals surface area contributed by atoms with E-state index in [4.69, 9.17) is 11.6 Å². The lowest BCUT2D eigenvalue weighted by Gasteiger charge is -2.14. The highest BCUT2D eigenvalue weighted by Gasteiger charge is 2.41. The van der Waals surface area contributed by atoms with E-state index in [0.29, 0.717) is 23.7 Å². The number of nitrogens with zero attached hydrogens (tertiary/aromatic N) is 2. The summed E-state index contributed by atoms with van der Waals surface area (Å²) in [6.07, 6.45) is -8.76. The highest BCUT2D eigenvalue weighted by atomic mass is 35.5. The summed E-state index contributed by atoms with van der Waals surface area (Å²) in [5, 5.41) is 6.41. The monoisotopic (exact) mass is 461 g/mol. The van der Waals surface area contributed by atoms with Gasteiger partial charge in [0.25, 0.3) is 5.91 Å². The maximum Gasteiger partial charge on any atom is 0.434 e. The molecule has 0 aliphatic rings. The Morgan fingerprint density at radius 1 is 1.00 bits per heavy atom. The lowest BCUT2D eigenvalue weighted by atomic mass is 10.1. The van der Waals surface area contributed by atoms with E-state index in [1.165, 1.54) is 0 Å². The molecule has 0 fully saturated rings. The van der Waals surface area contributed by atoms with Gasteiger partial charge in [0.2, 0.25) is 0 Å². The van der Waals surface area contributed by atoms with Gasteiger partial charge < -0.3 is 5.32 Å². The van der Waals surface area contributed by atoms with Crippen LogP contribution in [0.5, 0.6) is 0 Å². The van der Waals surface area contributed by atoms with Crippen LogP contribution in [0.1, 0.15) is 27.2 Å². The standard InChI is InChI=1S/C20H14ClF6N3O/c21-14-6-4-12(5-7-14)8-9-28-18(31)16-11-29-30(17(16)20(25,26)27)15-3-1-2-13(10-15)19(22,23)24/h1-7,10-11H,8-9H2,(H,28,31). The van der Waals surface area contributed by atoms with E-state index < -0.39 is 40.8 Å². The van der Waals surface area contributed by atoms with Crippen molar-refractivity contribution in [3.8, 4) is 5.69 Å². The van der Waals surface area contributed by atoms with E-state index in [9.17, 15) is 31.1 Å². The van der Waals surface area contributed by atoms with Crippen LogP contribution < -0.4 is 5.32 Å². The number of halogens is 7. The summed E-state index contributed by atoms with van der Waals surface area (Å²) in [7, 11) is 0. The number of nitrogens with one attached hydrogen (secondary N) is 1. The maximum absolute atomic E-state index is 13.7. The Morgan fingerprint density at radius 2 is 1.68 bits per heavy atom. The Balaban J connectivity index is 1.86. The zero-order valence-corrected chi connectivity index (χ0v) is 16.3. The van der Waals surface area contributed by atoms with Crippen LogP contribution in [-0.2, 0) is 18.8 Å². The molecular weight excluding hydrogens is 448 g/mol. The van der Waals surface area contributed by atoms with Crippen molar-refractivity contribution in [1.82, 2.24) is 15.1 Å². The number of benzene rings is 2. The molecule has 164 valence electrons. The molecule has 0 aliphatic heterocycles. The minimum Gasteiger partial charge on any atom is -0.352 e. The molecule has 0 radical (unpaired) electrons. The van der Waals surface area contributed by atoms with Crippen LogP contribution in [0.25, 0.3) is 5.69 Å². The summed E-state index contributed by atoms with van der Waals surface area (Å²) in [5.41, 5.74) is -3.05. The second-order valence-electron chi connectivity index (χ2n) is 6.50. The molecule has 3 aromatic rings. The number of amides is 1. The van der Waals surface area contributed by atoms with Gasteiger partial charge in [-0.1, -0.05) is 29.8 Å². The van der Waals surface area contributed by atoms with Crippen LogP contribution in [0.2, 0.25) is 5.02 Å². The number of carbonyl (C=O) groups is 1. The molecule has 3 rings (SSSR count). The predicted octanol–water partition coefficient (Wildman–Crippen LogP) is 5.54. The largest absolute Gasteiger partial charge is 0.434 e. The first-order valence-corrected chi connectivity index (χ1v) is 9.20. The predicted molar refractivity (Wildman–Crippen MR) is 101 cm³/mol. The van der Waals surface area contributed by atoms with Gasteiger partial charge in [-0.15, -0.1) is 0 Å². The van der Waals surface area contributed by atoms with Crippen molar-refractivity contribution in [1.29, 1.82) is 0 Å². The molecule has 1 amide bonds. The molecule has 1 N–H and O–H groups in total. The zero-order chi connectivity index (χ0) is 22.8. The molecule has 31 heavy (non-hydrogen) atoms. The van der Waals surface area contributed by atoms with Crippen molar-refractivity contribution in [2.24, 2.45) is 0 Å². The number of hydrogen-bond donors (Lipinski definition) is 1. The second-order valence-corrected chi connectivity index (χ2v) is 6.93. The normalized spacial score (nSPS) is 12.1. The summed E-state index contributed by atoms with van der Waals surface area (Å²) in [5.74, 6) is -1.04. The van der Waals surface area contributed by atoms with Crippen LogP contribution in [0.3, 0.4) is 0 Å². The molecule has 1 aromatic heterocycles. The molecule has 0 aliphatic carbocycles. The van der Waals surface area contributed by atoms with E-state index in [1.807, 2.05) is 0 Å². The first-order chi connectivity index (χ1) is 14.5. The Bertz CT molecular complexity index is 1070. The van der Waals surface area contributed by atoms with Crippen LogP contribution in [-0.4, -0.2) is 22.2 Å². The zero-order valence-electron chi connectivity index (χ0n) is 15.6. The van der Waals surface area contributed by atoms with Gasteiger partial charge in [-0.3, -0.25) is 4.79 Å². The van der Waals surface area contributed by atoms with Gasteiger partial charge in [0.1, 0.15) is 0 Å². The molecule has 0 spiro atoms. The quantitative estimate of drug-likeness (QED) is 0.507. The van der Waals surface area contributed by atoms with Gasteiger partial charge in [0.05, 0.1) is 23.0 Å². The van der Waals surface area contributed by atoms with Crippen LogP contribution in [0, 0.1) is 0 Å². The van der Waals surface area contributed by atoms with E-state index in [-0.39, 0.29) is 11.2 Å². The third kappa shape index (κ3) is 5.38. The third-order valence-corrected chi connectivity index (χ3v) is 4.56. The number of carbonyl (C=O) groups excluding carboxylic acids is 1. The smallest absolute Gasteiger partial charge is 0.352 e. The highest BCUT2D eigenvalue weighted by Crippen LogP contribution is 2.35. The minimum absolute atomic E-state index is 0.0342. The van der Waals surface area contributed by atoms with Crippen molar-refractivity contribution in [3.63, 3.8) is 0 Å². The number of aromatic nitrogens is 2. The van der Waals surface area contributed by atoms with Gasteiger partial charge >= 0.3 is 12.4 Å². The van der Waals surface area contributed by atoms with E-state index >= 15 is 0 Å². The van der Waals surface area contributed by atoms with Crippen molar-refractivity contribution in [3.05, 3.63) is 82.1 Å². The van der Waals surface area contributed by atoms with Crippen molar-refractivity contribution < 1.29 is 31.1 Å². The Kier molecular flexibility index (Phi) is 6.30. The molecule has 11 heteroatoms. The molecule has 0 saturated carbocycles. The highest BCUT2D eigenvalue weighted by molar-refractivity contribution is 6.30. The fraction of sp³-hybridized carbons (Fsp3) is 0.200. The fourth-order valence-corrected chi connectivity index (χ4v) is 2.99. The minimum atomic E-state index is -5.03. The topological polar surface area (TPSA) is 46.9 Å². The molecule has 4 nitrogen and oxygen atoms in total. The van der Waals surface area contributed by atoms with Gasteiger partial charge in [0.15, 0.2) is 5.69 Å². The summed E-state index contributed by atoms with van der Waals surface area (Å²) in [4.78, 5) is 12.4. The summed E-state index contributed by atoms with van der Waals surface area (Å²) in [6, 6.07) is 9.96. The van der Waals surface area contributed by atoms with E-state index in [1.54, 1.807) is 24.3 Å². The van der Waals surface area contributed by atoms with E-state index in [2.05, 4.69) is 10.4 Å². The maximum atomic E-state index is 13.7. The lowest BCUT2D eigenvalue weighted by Crippen LogP contribution is -2.28. The Labute approximate surface area is 177 Å². The Morgan fingerprint density at radius 3 is 2.29 bits per heavy atom. The van der Waals surface area contributed by atoms with E-state index in [0.717, 1.165) is 23.8 Å². The lowest BCUT2D eigenvalue weighted by molar-refractivity contribution is -0.143. The average Bonchev–Trinajstić information content (AvgIpc) is 3.15. The van der Waals surface area contributed by atoms with Gasteiger partial charge in [-0.05, 0) is 42.3 Å². The summed E-state index contributed by atoms with van der Waals surface area (Å²) >= 11 is 5.78. The first kappa shape index (κ1) is 22.7. The fourth-order valence-electron chi connectivity index (χ4n) is 2.86. The molecule has 0 unspecified atom stereocenters. The Hall–Kier alpha value is -3.01. The third-order valence-electron chi connectivity index (χ3n) is 4.31. The number of rotatable bonds is 5. The summed E-state index contributed by atoms with van der Waals surface area (Å²) in [6.45, 7) is 0.0342. The summed E-state index contributed by atoms with van der Waals surface area (Å²) < 4.78 is 80.1. The van der Waals surface area contributed by atoms with Gasteiger partial charge in [0, 0.05) is 11.6 Å². The molecule has 0 saturated heterocycles. The average molecular weight is 462 g/mol. The van der Waals surface area contributed by atoms with Crippen molar-refractivity contribution in [2.45, 2.75) is 18.8 Å². The van der Waals surface area contributed by atoms with Gasteiger partial charge in [-0.25, -0.2) is 4.68 Å². The number of hydrogen-bond acceptors (Lipinski definition) is 2. The second kappa shape index (κ2) is 8.62. The van der Waals surface area contributed by atoms with Crippen molar-refractivity contribution >= 4 is 17.5 Å².